The summed E-state index contributed by atoms with van der Waals surface area (Å²) in [7, 11) is 1.45. The van der Waals surface area contributed by atoms with Crippen molar-refractivity contribution < 1.29 is 33.7 Å². The average Bonchev–Trinajstić information content (AvgIpc) is 2.67. The zero-order valence-corrected chi connectivity index (χ0v) is 11.5. The van der Waals surface area contributed by atoms with Gasteiger partial charge < -0.3 is 9.84 Å². The predicted molar refractivity (Wildman–Crippen MR) is 59.1 cm³/mol. The Balaban J connectivity index is 0.00000162. The number of nitrogens with zero attached hydrogens (tertiary/aromatic N) is 3. The number of aromatic nitrogens is 3. The van der Waals surface area contributed by atoms with Gasteiger partial charge in [-0.1, -0.05) is 0 Å². The summed E-state index contributed by atoms with van der Waals surface area (Å²) in [6.07, 6.45) is 0. The van der Waals surface area contributed by atoms with E-state index in [2.05, 4.69) is 10.1 Å². The number of hydrogen-bond acceptors (Lipinski definition) is 4. The van der Waals surface area contributed by atoms with Gasteiger partial charge in [-0.25, -0.2) is 9.37 Å². The summed E-state index contributed by atoms with van der Waals surface area (Å²) < 4.78 is 19.0. The number of rotatable bonds is 3. The topological polar surface area (TPSA) is 60.2 Å². The molecule has 18 heavy (non-hydrogen) atoms. The molecule has 1 radical (unpaired) electrons. The van der Waals surface area contributed by atoms with Gasteiger partial charge in [-0.15, -0.1) is 0 Å². The Morgan fingerprint density at radius 3 is 2.67 bits per heavy atom. The molecule has 0 aliphatic heterocycles. The van der Waals surface area contributed by atoms with Crippen LogP contribution in [0, 0.1) is 6.92 Å². The molecule has 0 aromatic carbocycles. The number of aromatic hydroxyl groups is 1. The fraction of sp³-hybridized carbons (Fsp3) is 0.273. The van der Waals surface area contributed by atoms with Crippen molar-refractivity contribution in [2.24, 2.45) is 0 Å². The van der Waals surface area contributed by atoms with Crippen molar-refractivity contribution in [1.82, 2.24) is 14.8 Å². The summed E-state index contributed by atoms with van der Waals surface area (Å²) in [5.41, 5.74) is 0.833. The number of hydrogen-bond donors (Lipinski definition) is 1. The van der Waals surface area contributed by atoms with Gasteiger partial charge in [0.2, 0.25) is 5.88 Å². The van der Waals surface area contributed by atoms with Gasteiger partial charge in [0.05, 0.1) is 12.8 Å². The number of halogens is 1. The molecule has 7 heteroatoms. The molecule has 0 fully saturated rings. The van der Waals surface area contributed by atoms with Crippen LogP contribution in [0.4, 0.5) is 4.39 Å². The Labute approximate surface area is 116 Å². The van der Waals surface area contributed by atoms with Gasteiger partial charge >= 0.3 is 0 Å². The van der Waals surface area contributed by atoms with Crippen molar-refractivity contribution in [2.75, 3.05) is 7.11 Å². The van der Waals surface area contributed by atoms with Gasteiger partial charge in [-0.2, -0.15) is 9.78 Å². The van der Waals surface area contributed by atoms with Crippen molar-refractivity contribution in [2.45, 2.75) is 13.6 Å². The predicted octanol–water partition coefficient (Wildman–Crippen LogP) is 1.76. The van der Waals surface area contributed by atoms with Gasteiger partial charge in [0.15, 0.2) is 5.82 Å². The third kappa shape index (κ3) is 2.67. The number of ether oxygens (including phenoxy) is 1. The summed E-state index contributed by atoms with van der Waals surface area (Å²) in [5, 5.41) is 13.7. The Morgan fingerprint density at radius 1 is 1.44 bits per heavy atom. The van der Waals surface area contributed by atoms with Crippen LogP contribution in [0.25, 0.3) is 5.82 Å². The van der Waals surface area contributed by atoms with Gasteiger partial charge in [-0.05, 0) is 19.1 Å². The number of methoxy groups -OCH3 is 1. The van der Waals surface area contributed by atoms with E-state index in [1.54, 1.807) is 19.1 Å². The molecule has 0 saturated heterocycles. The molecular formula is C11H12FN3O2Rh. The largest absolute Gasteiger partial charge is 0.495 e. The number of alkyl halides is 1. The van der Waals surface area contributed by atoms with E-state index in [-0.39, 0.29) is 31.1 Å². The summed E-state index contributed by atoms with van der Waals surface area (Å²) in [4.78, 5) is 4.05. The van der Waals surface area contributed by atoms with E-state index in [4.69, 9.17) is 4.74 Å². The second-order valence-electron chi connectivity index (χ2n) is 3.51. The zero-order valence-electron chi connectivity index (χ0n) is 9.85. The molecule has 0 amide bonds. The minimum atomic E-state index is -0.738. The molecule has 0 bridgehead atoms. The van der Waals surface area contributed by atoms with E-state index >= 15 is 0 Å². The Kier molecular flexibility index (Phi) is 4.79. The van der Waals surface area contributed by atoms with Crippen LogP contribution in [0.2, 0.25) is 0 Å². The fourth-order valence-corrected chi connectivity index (χ4v) is 1.53. The van der Waals surface area contributed by atoms with Gasteiger partial charge in [-0.3, -0.25) is 0 Å². The monoisotopic (exact) mass is 340 g/mol. The third-order valence-corrected chi connectivity index (χ3v) is 2.29. The standard InChI is InChI=1S/C11H12FN3O2.Rh/c1-7-5-11(16)15(14-7)10-4-3-9(17-2)8(6-12)13-10;/h3-5,16H,6H2,1-2H3;. The molecule has 0 aliphatic carbocycles. The van der Waals surface area contributed by atoms with Gasteiger partial charge in [0.1, 0.15) is 18.1 Å². The second kappa shape index (κ2) is 5.91. The molecule has 2 aromatic rings. The molecule has 99 valence electrons. The molecule has 2 rings (SSSR count). The second-order valence-corrected chi connectivity index (χ2v) is 3.51. The minimum absolute atomic E-state index is 0. The fourth-order valence-electron chi connectivity index (χ4n) is 1.53. The molecule has 2 aromatic heterocycles. The maximum atomic E-state index is 12.7. The van der Waals surface area contributed by atoms with Crippen molar-refractivity contribution in [3.63, 3.8) is 0 Å². The molecule has 0 aliphatic rings. The first-order valence-corrected chi connectivity index (χ1v) is 5.01. The van der Waals surface area contributed by atoms with Gasteiger partial charge in [0, 0.05) is 25.5 Å². The van der Waals surface area contributed by atoms with Crippen molar-refractivity contribution >= 4 is 0 Å². The first kappa shape index (κ1) is 14.6. The molecule has 0 saturated carbocycles. The molecule has 1 N–H and O–H groups in total. The van der Waals surface area contributed by atoms with E-state index < -0.39 is 6.67 Å². The average molecular weight is 340 g/mol. The minimum Gasteiger partial charge on any atom is -0.495 e. The van der Waals surface area contributed by atoms with Crippen LogP contribution < -0.4 is 4.74 Å². The van der Waals surface area contributed by atoms with E-state index in [9.17, 15) is 9.50 Å². The smallest absolute Gasteiger partial charge is 0.215 e. The molecule has 0 unspecified atom stereocenters. The maximum absolute atomic E-state index is 12.7. The van der Waals surface area contributed by atoms with Crippen LogP contribution >= 0.6 is 0 Å². The molecular weight excluding hydrogens is 328 g/mol. The molecule has 2 heterocycles. The Morgan fingerprint density at radius 2 is 2.17 bits per heavy atom. The summed E-state index contributed by atoms with van der Waals surface area (Å²) in [5.74, 6) is 0.689. The van der Waals surface area contributed by atoms with Crippen LogP contribution in [-0.4, -0.2) is 27.0 Å². The molecule has 5 nitrogen and oxygen atoms in total. The first-order chi connectivity index (χ1) is 8.15. The SMILES string of the molecule is COc1ccc(-n2nc(C)cc2O)nc1CF.[Rh]. The third-order valence-electron chi connectivity index (χ3n) is 2.29. The summed E-state index contributed by atoms with van der Waals surface area (Å²) >= 11 is 0. The van der Waals surface area contributed by atoms with Crippen LogP contribution in [0.1, 0.15) is 11.4 Å². The van der Waals surface area contributed by atoms with Crippen LogP contribution in [0.15, 0.2) is 18.2 Å². The van der Waals surface area contributed by atoms with E-state index in [1.807, 2.05) is 0 Å². The zero-order chi connectivity index (χ0) is 12.4. The van der Waals surface area contributed by atoms with Crippen LogP contribution in [0.5, 0.6) is 11.6 Å². The number of aryl methyl sites for hydroxylation is 1. The maximum Gasteiger partial charge on any atom is 0.215 e. The quantitative estimate of drug-likeness (QED) is 0.865. The van der Waals surface area contributed by atoms with Crippen molar-refractivity contribution in [3.05, 3.63) is 29.6 Å². The van der Waals surface area contributed by atoms with Gasteiger partial charge in [0.25, 0.3) is 0 Å². The first-order valence-electron chi connectivity index (χ1n) is 5.01. The molecule has 0 atom stereocenters. The van der Waals surface area contributed by atoms with E-state index in [1.165, 1.54) is 17.9 Å². The summed E-state index contributed by atoms with van der Waals surface area (Å²) in [6, 6.07) is 4.69. The van der Waals surface area contributed by atoms with Crippen molar-refractivity contribution in [3.8, 4) is 17.4 Å². The van der Waals surface area contributed by atoms with E-state index in [0.29, 0.717) is 17.3 Å². The van der Waals surface area contributed by atoms with Crippen LogP contribution in [0.3, 0.4) is 0 Å². The molecule has 0 spiro atoms. The van der Waals surface area contributed by atoms with Crippen LogP contribution in [-0.2, 0) is 26.2 Å². The normalized spacial score (nSPS) is 9.94. The Bertz CT molecular complexity index is 545. The Hall–Kier alpha value is -1.49. The van der Waals surface area contributed by atoms with E-state index in [0.717, 1.165) is 0 Å². The summed E-state index contributed by atoms with van der Waals surface area (Å²) in [6.45, 7) is 1.01. The van der Waals surface area contributed by atoms with Crippen molar-refractivity contribution in [1.29, 1.82) is 0 Å². The number of pyridine rings is 1.